The molecule has 8 heteroatoms. The summed E-state index contributed by atoms with van der Waals surface area (Å²) in [5.74, 6) is 0. The minimum atomic E-state index is -0.451. The predicted octanol–water partition coefficient (Wildman–Crippen LogP) is 2.60. The van der Waals surface area contributed by atoms with E-state index in [9.17, 15) is 9.59 Å². The van der Waals surface area contributed by atoms with Crippen LogP contribution in [0.1, 0.15) is 20.9 Å². The Bertz CT molecular complexity index is 1010. The molecule has 0 bridgehead atoms. The van der Waals surface area contributed by atoms with E-state index >= 15 is 0 Å². The number of hydrogen-bond acceptors (Lipinski definition) is 4. The van der Waals surface area contributed by atoms with Crippen molar-refractivity contribution in [2.24, 2.45) is 14.1 Å². The van der Waals surface area contributed by atoms with Crippen LogP contribution < -0.4 is 11.2 Å². The SMILES string of the molecule is Cn1c(=O)c2nc(C(Br)C(Br)c3ccccc3)cnc2n(C)c1=O. The summed E-state index contributed by atoms with van der Waals surface area (Å²) in [6.45, 7) is 0. The highest BCUT2D eigenvalue weighted by Crippen LogP contribution is 2.41. The fourth-order valence-electron chi connectivity index (χ4n) is 2.44. The van der Waals surface area contributed by atoms with Gasteiger partial charge in [-0.3, -0.25) is 13.9 Å². The lowest BCUT2D eigenvalue weighted by molar-refractivity contribution is 0.702. The lowest BCUT2D eigenvalue weighted by Crippen LogP contribution is -2.37. The van der Waals surface area contributed by atoms with Crippen molar-refractivity contribution >= 4 is 43.0 Å². The van der Waals surface area contributed by atoms with Crippen LogP contribution in [0.25, 0.3) is 11.2 Å². The Morgan fingerprint density at radius 1 is 1.00 bits per heavy atom. The van der Waals surface area contributed by atoms with Crippen LogP contribution >= 0.6 is 31.9 Å². The fourth-order valence-corrected chi connectivity index (χ4v) is 3.54. The maximum absolute atomic E-state index is 12.3. The van der Waals surface area contributed by atoms with Gasteiger partial charge in [-0.2, -0.15) is 0 Å². The molecule has 1 aromatic carbocycles. The first-order chi connectivity index (χ1) is 11.4. The van der Waals surface area contributed by atoms with Gasteiger partial charge in [0.2, 0.25) is 0 Å². The summed E-state index contributed by atoms with van der Waals surface area (Å²) < 4.78 is 2.35. The van der Waals surface area contributed by atoms with Crippen LogP contribution in [0.5, 0.6) is 0 Å². The third-order valence-corrected chi connectivity index (χ3v) is 6.59. The van der Waals surface area contributed by atoms with Crippen molar-refractivity contribution in [2.45, 2.75) is 9.65 Å². The van der Waals surface area contributed by atoms with E-state index in [2.05, 4.69) is 41.8 Å². The number of aromatic nitrogens is 4. The molecule has 0 saturated heterocycles. The first-order valence-corrected chi connectivity index (χ1v) is 9.00. The Kier molecular flexibility index (Phi) is 4.69. The van der Waals surface area contributed by atoms with Gasteiger partial charge in [-0.25, -0.2) is 14.8 Å². The topological polar surface area (TPSA) is 69.8 Å². The second kappa shape index (κ2) is 6.60. The number of hydrogen-bond donors (Lipinski definition) is 0. The molecule has 6 nitrogen and oxygen atoms in total. The Balaban J connectivity index is 2.11. The first-order valence-electron chi connectivity index (χ1n) is 7.17. The van der Waals surface area contributed by atoms with Crippen LogP contribution in [-0.4, -0.2) is 19.1 Å². The van der Waals surface area contributed by atoms with Crippen molar-refractivity contribution in [3.8, 4) is 0 Å². The number of halogens is 2. The van der Waals surface area contributed by atoms with Gasteiger partial charge < -0.3 is 0 Å². The number of alkyl halides is 2. The van der Waals surface area contributed by atoms with Crippen molar-refractivity contribution < 1.29 is 0 Å². The predicted molar refractivity (Wildman–Crippen MR) is 99.8 cm³/mol. The van der Waals surface area contributed by atoms with Crippen LogP contribution in [-0.2, 0) is 14.1 Å². The van der Waals surface area contributed by atoms with Crippen LogP contribution in [0.3, 0.4) is 0 Å². The molecule has 0 spiro atoms. The van der Waals surface area contributed by atoms with E-state index in [1.807, 2.05) is 30.3 Å². The molecule has 0 N–H and O–H groups in total. The van der Waals surface area contributed by atoms with Crippen molar-refractivity contribution in [3.63, 3.8) is 0 Å². The van der Waals surface area contributed by atoms with Gasteiger partial charge in [0.05, 0.1) is 21.5 Å². The normalized spacial score (nSPS) is 13.8. The minimum Gasteiger partial charge on any atom is -0.279 e. The van der Waals surface area contributed by atoms with Crippen molar-refractivity contribution in [1.29, 1.82) is 0 Å². The lowest BCUT2D eigenvalue weighted by Gasteiger charge is -2.17. The second-order valence-electron chi connectivity index (χ2n) is 5.39. The van der Waals surface area contributed by atoms with E-state index in [4.69, 9.17) is 0 Å². The highest BCUT2D eigenvalue weighted by molar-refractivity contribution is 9.12. The summed E-state index contributed by atoms with van der Waals surface area (Å²) in [5.41, 5.74) is 1.27. The summed E-state index contributed by atoms with van der Waals surface area (Å²) >= 11 is 7.28. The Hall–Kier alpha value is -1.80. The van der Waals surface area contributed by atoms with Gasteiger partial charge in [-0.1, -0.05) is 62.2 Å². The zero-order valence-electron chi connectivity index (χ0n) is 13.0. The van der Waals surface area contributed by atoms with Gasteiger partial charge in [0.1, 0.15) is 0 Å². The third kappa shape index (κ3) is 2.84. The molecular formula is C16H14Br2N4O2. The van der Waals surface area contributed by atoms with Gasteiger partial charge in [0.25, 0.3) is 5.56 Å². The van der Waals surface area contributed by atoms with Crippen molar-refractivity contribution in [1.82, 2.24) is 19.1 Å². The van der Waals surface area contributed by atoms with E-state index in [0.717, 1.165) is 10.1 Å². The molecule has 0 aliphatic heterocycles. The van der Waals surface area contributed by atoms with Crippen LogP contribution in [0.2, 0.25) is 0 Å². The minimum absolute atomic E-state index is 0.0400. The molecule has 0 saturated carbocycles. The molecule has 2 heterocycles. The molecule has 3 aromatic rings. The molecule has 0 fully saturated rings. The first kappa shape index (κ1) is 17.0. The van der Waals surface area contributed by atoms with Crippen LogP contribution in [0.4, 0.5) is 0 Å². The largest absolute Gasteiger partial charge is 0.332 e. The molecule has 2 aromatic heterocycles. The smallest absolute Gasteiger partial charge is 0.279 e. The molecule has 2 unspecified atom stereocenters. The molecule has 124 valence electrons. The van der Waals surface area contributed by atoms with Gasteiger partial charge >= 0.3 is 5.69 Å². The van der Waals surface area contributed by atoms with Crippen LogP contribution in [0.15, 0.2) is 46.1 Å². The average molecular weight is 454 g/mol. The van der Waals surface area contributed by atoms with Gasteiger partial charge in [-0.15, -0.1) is 0 Å². The number of fused-ring (bicyclic) bond motifs is 1. The van der Waals surface area contributed by atoms with Crippen molar-refractivity contribution in [2.75, 3.05) is 0 Å². The van der Waals surface area contributed by atoms with E-state index in [-0.39, 0.29) is 20.8 Å². The quantitative estimate of drug-likeness (QED) is 0.571. The molecule has 0 aliphatic rings. The zero-order chi connectivity index (χ0) is 17.4. The van der Waals surface area contributed by atoms with Crippen LogP contribution in [0, 0.1) is 0 Å². The average Bonchev–Trinajstić information content (AvgIpc) is 2.63. The fraction of sp³-hybridized carbons (Fsp3) is 0.250. The summed E-state index contributed by atoms with van der Waals surface area (Å²) in [5, 5.41) is 0. The summed E-state index contributed by atoms with van der Waals surface area (Å²) in [6.07, 6.45) is 1.58. The van der Waals surface area contributed by atoms with Gasteiger partial charge in [-0.05, 0) is 5.56 Å². The Labute approximate surface area is 154 Å². The molecule has 3 rings (SSSR count). The molecule has 0 aliphatic carbocycles. The number of aryl methyl sites for hydroxylation is 1. The van der Waals surface area contributed by atoms with Gasteiger partial charge in [0.15, 0.2) is 11.2 Å². The maximum Gasteiger partial charge on any atom is 0.332 e. The van der Waals surface area contributed by atoms with E-state index in [1.54, 1.807) is 13.2 Å². The van der Waals surface area contributed by atoms with E-state index < -0.39 is 11.2 Å². The maximum atomic E-state index is 12.3. The highest BCUT2D eigenvalue weighted by Gasteiger charge is 2.22. The third-order valence-electron chi connectivity index (χ3n) is 3.83. The molecule has 0 radical (unpaired) electrons. The molecule has 2 atom stereocenters. The number of nitrogens with zero attached hydrogens (tertiary/aromatic N) is 4. The second-order valence-corrected chi connectivity index (χ2v) is 7.36. The monoisotopic (exact) mass is 452 g/mol. The highest BCUT2D eigenvalue weighted by atomic mass is 79.9. The lowest BCUT2D eigenvalue weighted by atomic mass is 10.1. The molecular weight excluding hydrogens is 440 g/mol. The summed E-state index contributed by atoms with van der Waals surface area (Å²) in [7, 11) is 3.00. The Morgan fingerprint density at radius 2 is 1.67 bits per heavy atom. The van der Waals surface area contributed by atoms with E-state index in [1.165, 1.54) is 11.6 Å². The standard InChI is InChI=1S/C16H14Br2N4O2/c1-21-14-13(15(23)22(2)16(21)24)20-10(8-19-14)12(18)11(17)9-6-4-3-5-7-9/h3-8,11-12H,1-2H3. The number of benzene rings is 1. The van der Waals surface area contributed by atoms with Crippen molar-refractivity contribution in [3.05, 3.63) is 68.6 Å². The molecule has 24 heavy (non-hydrogen) atoms. The van der Waals surface area contributed by atoms with Gasteiger partial charge in [0, 0.05) is 14.1 Å². The Morgan fingerprint density at radius 3 is 2.33 bits per heavy atom. The van der Waals surface area contributed by atoms with E-state index in [0.29, 0.717) is 5.69 Å². The molecule has 0 amide bonds. The summed E-state index contributed by atoms with van der Waals surface area (Å²) in [4.78, 5) is 32.8. The zero-order valence-corrected chi connectivity index (χ0v) is 16.2. The number of rotatable bonds is 3. The summed E-state index contributed by atoms with van der Waals surface area (Å²) in [6, 6.07) is 9.88.